The number of ether oxygens (including phenoxy) is 1. The SMILES string of the molecule is CC(C)C[C@@H](B(O)O)N1CC(C)C[C@H](N(C)C(=O)OCC2c3ccccc3-c3ccccc32)C1=O. The van der Waals surface area contributed by atoms with E-state index in [1.807, 2.05) is 45.0 Å². The molecule has 7 nitrogen and oxygen atoms in total. The van der Waals surface area contributed by atoms with Crippen molar-refractivity contribution in [3.05, 3.63) is 59.7 Å². The molecule has 35 heavy (non-hydrogen) atoms. The molecule has 1 fully saturated rings. The van der Waals surface area contributed by atoms with Crippen LogP contribution in [0, 0.1) is 11.8 Å². The summed E-state index contributed by atoms with van der Waals surface area (Å²) in [5, 5.41) is 19.9. The standard InChI is InChI=1S/C27H35BN2O5/c1-17(2)13-25(28(33)34)30-15-18(3)14-24(26(30)31)29(4)27(32)35-16-23-21-11-7-5-9-19(21)20-10-6-8-12-22(20)23/h5-12,17-18,23-25,33-34H,13-16H2,1-4H3/t18?,24-,25-/m0/s1. The average molecular weight is 478 g/mol. The zero-order chi connectivity index (χ0) is 25.3. The minimum atomic E-state index is -1.63. The molecule has 0 aromatic heterocycles. The molecule has 1 heterocycles. The van der Waals surface area contributed by atoms with Gasteiger partial charge in [-0.05, 0) is 46.9 Å². The Balaban J connectivity index is 1.47. The molecular weight excluding hydrogens is 443 g/mol. The molecule has 3 atom stereocenters. The molecule has 2 amide bonds. The van der Waals surface area contributed by atoms with Crippen LogP contribution in [0.4, 0.5) is 4.79 Å². The lowest BCUT2D eigenvalue weighted by atomic mass is 9.72. The maximum absolute atomic E-state index is 13.4. The molecule has 1 aliphatic carbocycles. The third-order valence-corrected chi connectivity index (χ3v) is 7.25. The van der Waals surface area contributed by atoms with E-state index in [0.29, 0.717) is 19.4 Å². The van der Waals surface area contributed by atoms with Crippen LogP contribution in [-0.4, -0.2) is 71.1 Å². The van der Waals surface area contributed by atoms with Crippen LogP contribution in [-0.2, 0) is 9.53 Å². The third-order valence-electron chi connectivity index (χ3n) is 7.25. The lowest BCUT2D eigenvalue weighted by Crippen LogP contribution is -2.61. The van der Waals surface area contributed by atoms with E-state index in [2.05, 4.69) is 24.3 Å². The number of amides is 2. The molecular formula is C27H35BN2O5. The van der Waals surface area contributed by atoms with E-state index in [-0.39, 0.29) is 30.3 Å². The first-order chi connectivity index (χ1) is 16.7. The van der Waals surface area contributed by atoms with Gasteiger partial charge in [0.2, 0.25) is 5.91 Å². The quantitative estimate of drug-likeness (QED) is 0.595. The van der Waals surface area contributed by atoms with Crippen molar-refractivity contribution >= 4 is 19.1 Å². The molecule has 1 aliphatic heterocycles. The minimum absolute atomic E-state index is 0.0582. The summed E-state index contributed by atoms with van der Waals surface area (Å²) < 4.78 is 5.76. The van der Waals surface area contributed by atoms with Crippen LogP contribution in [0.15, 0.2) is 48.5 Å². The highest BCUT2D eigenvalue weighted by molar-refractivity contribution is 6.43. The van der Waals surface area contributed by atoms with Crippen molar-refractivity contribution in [3.63, 3.8) is 0 Å². The Morgan fingerprint density at radius 2 is 1.69 bits per heavy atom. The maximum Gasteiger partial charge on any atom is 0.475 e. The number of likely N-dealkylation sites (N-methyl/N-ethyl adjacent to an activating group) is 1. The van der Waals surface area contributed by atoms with Crippen LogP contribution in [0.3, 0.4) is 0 Å². The van der Waals surface area contributed by atoms with E-state index in [0.717, 1.165) is 22.3 Å². The van der Waals surface area contributed by atoms with Crippen molar-refractivity contribution in [1.29, 1.82) is 0 Å². The molecule has 1 unspecified atom stereocenters. The lowest BCUT2D eigenvalue weighted by molar-refractivity contribution is -0.142. The molecule has 2 aromatic rings. The van der Waals surface area contributed by atoms with Crippen LogP contribution in [0.2, 0.25) is 0 Å². The Labute approximate surface area is 207 Å². The fraction of sp³-hybridized carbons (Fsp3) is 0.481. The summed E-state index contributed by atoms with van der Waals surface area (Å²) in [5.41, 5.74) is 4.57. The van der Waals surface area contributed by atoms with E-state index >= 15 is 0 Å². The molecule has 0 bridgehead atoms. The summed E-state index contributed by atoms with van der Waals surface area (Å²) in [7, 11) is -0.0446. The number of hydrogen-bond acceptors (Lipinski definition) is 5. The average Bonchev–Trinajstić information content (AvgIpc) is 3.15. The number of benzene rings is 2. The number of rotatable bonds is 7. The Bertz CT molecular complexity index is 1030. The van der Waals surface area contributed by atoms with Gasteiger partial charge >= 0.3 is 13.2 Å². The Morgan fingerprint density at radius 1 is 1.11 bits per heavy atom. The van der Waals surface area contributed by atoms with Gasteiger partial charge in [-0.3, -0.25) is 9.69 Å². The zero-order valence-corrected chi connectivity index (χ0v) is 20.9. The van der Waals surface area contributed by atoms with Gasteiger partial charge in [0.05, 0.1) is 5.94 Å². The molecule has 8 heteroatoms. The predicted molar refractivity (Wildman–Crippen MR) is 136 cm³/mol. The monoisotopic (exact) mass is 478 g/mol. The molecule has 2 aliphatic rings. The molecule has 186 valence electrons. The Morgan fingerprint density at radius 3 is 2.23 bits per heavy atom. The second-order valence-corrected chi connectivity index (χ2v) is 10.4. The fourth-order valence-electron chi connectivity index (χ4n) is 5.51. The first-order valence-electron chi connectivity index (χ1n) is 12.4. The van der Waals surface area contributed by atoms with Gasteiger partial charge in [0.15, 0.2) is 0 Å². The number of hydrogen-bond donors (Lipinski definition) is 2. The summed E-state index contributed by atoms with van der Waals surface area (Å²) in [4.78, 5) is 29.4. The second kappa shape index (κ2) is 10.4. The van der Waals surface area contributed by atoms with E-state index in [4.69, 9.17) is 4.74 Å². The Kier molecular flexibility index (Phi) is 7.52. The molecule has 4 rings (SSSR count). The van der Waals surface area contributed by atoms with E-state index in [1.54, 1.807) is 7.05 Å². The smallest absolute Gasteiger partial charge is 0.448 e. The number of carbonyl (C=O) groups is 2. The first kappa shape index (κ1) is 25.3. The number of piperidine rings is 1. The van der Waals surface area contributed by atoms with Crippen molar-refractivity contribution in [1.82, 2.24) is 9.80 Å². The topological polar surface area (TPSA) is 90.3 Å². The van der Waals surface area contributed by atoms with E-state index < -0.39 is 25.2 Å². The second-order valence-electron chi connectivity index (χ2n) is 10.4. The molecule has 0 saturated carbocycles. The summed E-state index contributed by atoms with van der Waals surface area (Å²) >= 11 is 0. The summed E-state index contributed by atoms with van der Waals surface area (Å²) in [6.45, 7) is 6.58. The third kappa shape index (κ3) is 5.09. The van der Waals surface area contributed by atoms with Crippen molar-refractivity contribution in [3.8, 4) is 11.1 Å². The first-order valence-corrected chi connectivity index (χ1v) is 12.4. The number of carbonyl (C=O) groups excluding carboxylic acids is 2. The predicted octanol–water partition coefficient (Wildman–Crippen LogP) is 3.53. The number of fused-ring (bicyclic) bond motifs is 3. The highest BCUT2D eigenvalue weighted by Crippen LogP contribution is 2.44. The number of likely N-dealkylation sites (tertiary alicyclic amines) is 1. The van der Waals surface area contributed by atoms with Gasteiger partial charge in [-0.15, -0.1) is 0 Å². The van der Waals surface area contributed by atoms with Gasteiger partial charge in [-0.25, -0.2) is 4.79 Å². The highest BCUT2D eigenvalue weighted by Gasteiger charge is 2.43. The van der Waals surface area contributed by atoms with Crippen LogP contribution in [0.25, 0.3) is 11.1 Å². The van der Waals surface area contributed by atoms with Gasteiger partial charge in [0, 0.05) is 19.5 Å². The van der Waals surface area contributed by atoms with Gasteiger partial charge in [0.25, 0.3) is 0 Å². The van der Waals surface area contributed by atoms with Gasteiger partial charge in [-0.2, -0.15) is 0 Å². The van der Waals surface area contributed by atoms with E-state index in [1.165, 1.54) is 9.80 Å². The summed E-state index contributed by atoms with van der Waals surface area (Å²) in [5.74, 6) is -0.737. The van der Waals surface area contributed by atoms with Gasteiger partial charge in [-0.1, -0.05) is 69.3 Å². The van der Waals surface area contributed by atoms with Crippen molar-refractivity contribution in [2.24, 2.45) is 11.8 Å². The summed E-state index contributed by atoms with van der Waals surface area (Å²) in [6, 6.07) is 15.6. The molecule has 2 aromatic carbocycles. The van der Waals surface area contributed by atoms with Crippen LogP contribution in [0.5, 0.6) is 0 Å². The van der Waals surface area contributed by atoms with Gasteiger partial charge < -0.3 is 19.7 Å². The Hall–Kier alpha value is -2.84. The van der Waals surface area contributed by atoms with Crippen molar-refractivity contribution in [2.75, 3.05) is 20.2 Å². The molecule has 0 spiro atoms. The van der Waals surface area contributed by atoms with Crippen LogP contribution in [0.1, 0.15) is 50.7 Å². The highest BCUT2D eigenvalue weighted by atomic mass is 16.6. The molecule has 1 saturated heterocycles. The normalized spacial score (nSPS) is 20.4. The fourth-order valence-corrected chi connectivity index (χ4v) is 5.51. The lowest BCUT2D eigenvalue weighted by Gasteiger charge is -2.43. The maximum atomic E-state index is 13.4. The number of nitrogens with zero attached hydrogens (tertiary/aromatic N) is 2. The largest absolute Gasteiger partial charge is 0.475 e. The van der Waals surface area contributed by atoms with Crippen LogP contribution >= 0.6 is 0 Å². The molecule has 2 N–H and O–H groups in total. The van der Waals surface area contributed by atoms with E-state index in [9.17, 15) is 19.6 Å². The minimum Gasteiger partial charge on any atom is -0.448 e. The van der Waals surface area contributed by atoms with Gasteiger partial charge in [0.1, 0.15) is 12.6 Å². The summed E-state index contributed by atoms with van der Waals surface area (Å²) in [6.07, 6.45) is 0.424. The van der Waals surface area contributed by atoms with Crippen LogP contribution < -0.4 is 0 Å². The molecule has 0 radical (unpaired) electrons. The van der Waals surface area contributed by atoms with Crippen molar-refractivity contribution in [2.45, 2.75) is 51.5 Å². The zero-order valence-electron chi connectivity index (χ0n) is 20.9. The van der Waals surface area contributed by atoms with Crippen molar-refractivity contribution < 1.29 is 24.4 Å².